The van der Waals surface area contributed by atoms with Gasteiger partial charge in [0.15, 0.2) is 0 Å². The van der Waals surface area contributed by atoms with Crippen LogP contribution in [0.15, 0.2) is 11.4 Å². The number of thiophene rings is 1. The van der Waals surface area contributed by atoms with Crippen molar-refractivity contribution in [3.05, 3.63) is 19.9 Å². The van der Waals surface area contributed by atoms with Gasteiger partial charge in [0.25, 0.3) is 5.91 Å². The fourth-order valence-electron chi connectivity index (χ4n) is 1.97. The number of carbonyl (C=O) groups is 1. The fraction of sp³-hybridized carbons (Fsp3) is 0.545. The number of hydrogen-bond donors (Lipinski definition) is 1. The molecule has 2 rings (SSSR count). The van der Waals surface area contributed by atoms with Crippen LogP contribution >= 0.6 is 33.9 Å². The van der Waals surface area contributed by atoms with Crippen molar-refractivity contribution in [2.24, 2.45) is 11.1 Å². The standard InChI is InChI=1S/C11H15IN2OS/c1-11(6-13)2-3-14(7-11)10(15)8-4-9(12)16-5-8/h4-5H,2-3,6-7,13H2,1H3. The molecule has 1 aliphatic rings. The number of carbonyl (C=O) groups excluding carboxylic acids is 1. The Morgan fingerprint density at radius 2 is 2.50 bits per heavy atom. The summed E-state index contributed by atoms with van der Waals surface area (Å²) in [5, 5.41) is 1.93. The minimum atomic E-state index is 0.110. The number of amides is 1. The monoisotopic (exact) mass is 350 g/mol. The topological polar surface area (TPSA) is 46.3 Å². The van der Waals surface area contributed by atoms with Crippen LogP contribution in [-0.2, 0) is 0 Å². The maximum Gasteiger partial charge on any atom is 0.254 e. The van der Waals surface area contributed by atoms with Crippen LogP contribution in [0.1, 0.15) is 23.7 Å². The van der Waals surface area contributed by atoms with Gasteiger partial charge in [-0.1, -0.05) is 6.92 Å². The molecule has 88 valence electrons. The van der Waals surface area contributed by atoms with E-state index in [1.165, 1.54) is 0 Å². The van der Waals surface area contributed by atoms with Gasteiger partial charge in [0, 0.05) is 18.5 Å². The molecule has 0 bridgehead atoms. The highest BCUT2D eigenvalue weighted by Gasteiger charge is 2.35. The van der Waals surface area contributed by atoms with Gasteiger partial charge in [-0.3, -0.25) is 4.79 Å². The van der Waals surface area contributed by atoms with Crippen molar-refractivity contribution in [1.82, 2.24) is 4.90 Å². The van der Waals surface area contributed by atoms with Gasteiger partial charge in [0.1, 0.15) is 0 Å². The maximum atomic E-state index is 12.2. The van der Waals surface area contributed by atoms with E-state index in [-0.39, 0.29) is 11.3 Å². The zero-order chi connectivity index (χ0) is 11.8. The summed E-state index contributed by atoms with van der Waals surface area (Å²) in [5.41, 5.74) is 6.66. The van der Waals surface area contributed by atoms with Crippen molar-refractivity contribution >= 4 is 39.8 Å². The first-order valence-electron chi connectivity index (χ1n) is 5.27. The normalized spacial score (nSPS) is 25.1. The summed E-state index contributed by atoms with van der Waals surface area (Å²) in [5.74, 6) is 0.149. The first-order chi connectivity index (χ1) is 7.54. The van der Waals surface area contributed by atoms with Gasteiger partial charge < -0.3 is 10.6 Å². The summed E-state index contributed by atoms with van der Waals surface area (Å²) in [4.78, 5) is 14.1. The first kappa shape index (κ1) is 12.3. The van der Waals surface area contributed by atoms with Gasteiger partial charge in [-0.2, -0.15) is 0 Å². The molecule has 2 heterocycles. The van der Waals surface area contributed by atoms with Crippen LogP contribution in [0.5, 0.6) is 0 Å². The highest BCUT2D eigenvalue weighted by atomic mass is 127. The van der Waals surface area contributed by atoms with E-state index in [1.54, 1.807) is 11.3 Å². The summed E-state index contributed by atoms with van der Waals surface area (Å²) >= 11 is 3.85. The molecule has 0 radical (unpaired) electrons. The lowest BCUT2D eigenvalue weighted by Crippen LogP contribution is -2.34. The van der Waals surface area contributed by atoms with Crippen LogP contribution < -0.4 is 5.73 Å². The van der Waals surface area contributed by atoms with Gasteiger partial charge in [-0.15, -0.1) is 11.3 Å². The van der Waals surface area contributed by atoms with Gasteiger partial charge in [0.05, 0.1) is 8.45 Å². The second kappa shape index (κ2) is 4.62. The van der Waals surface area contributed by atoms with Gasteiger partial charge in [-0.05, 0) is 47.0 Å². The van der Waals surface area contributed by atoms with E-state index in [4.69, 9.17) is 5.73 Å². The van der Waals surface area contributed by atoms with Crippen molar-refractivity contribution < 1.29 is 4.79 Å². The van der Waals surface area contributed by atoms with E-state index in [2.05, 4.69) is 29.5 Å². The molecule has 0 aliphatic carbocycles. The largest absolute Gasteiger partial charge is 0.338 e. The predicted molar refractivity (Wildman–Crippen MR) is 74.7 cm³/mol. The minimum Gasteiger partial charge on any atom is -0.338 e. The molecule has 1 atom stereocenters. The molecule has 1 amide bonds. The molecule has 0 aromatic carbocycles. The first-order valence-corrected chi connectivity index (χ1v) is 7.23. The third-order valence-electron chi connectivity index (χ3n) is 3.15. The maximum absolute atomic E-state index is 12.2. The molecular weight excluding hydrogens is 335 g/mol. The summed E-state index contributed by atoms with van der Waals surface area (Å²) < 4.78 is 1.15. The molecule has 1 saturated heterocycles. The highest BCUT2D eigenvalue weighted by Crippen LogP contribution is 2.30. The second-order valence-corrected chi connectivity index (χ2v) is 7.44. The second-order valence-electron chi connectivity index (χ2n) is 4.63. The summed E-state index contributed by atoms with van der Waals surface area (Å²) in [6.07, 6.45) is 1.01. The van der Waals surface area contributed by atoms with E-state index in [0.717, 1.165) is 28.0 Å². The highest BCUT2D eigenvalue weighted by molar-refractivity contribution is 14.1. The molecular formula is C11H15IN2OS. The molecule has 0 saturated carbocycles. The number of rotatable bonds is 2. The van der Waals surface area contributed by atoms with E-state index in [1.807, 2.05) is 16.3 Å². The van der Waals surface area contributed by atoms with Crippen molar-refractivity contribution in [1.29, 1.82) is 0 Å². The number of hydrogen-bond acceptors (Lipinski definition) is 3. The Hall–Kier alpha value is -0.140. The summed E-state index contributed by atoms with van der Waals surface area (Å²) in [7, 11) is 0. The Balaban J connectivity index is 2.08. The van der Waals surface area contributed by atoms with Crippen LogP contribution in [0.4, 0.5) is 0 Å². The lowest BCUT2D eigenvalue weighted by atomic mass is 9.90. The predicted octanol–water partition coefficient (Wildman–Crippen LogP) is 2.16. The van der Waals surface area contributed by atoms with Gasteiger partial charge in [0.2, 0.25) is 0 Å². The molecule has 1 fully saturated rings. The lowest BCUT2D eigenvalue weighted by molar-refractivity contribution is 0.0777. The average molecular weight is 350 g/mol. The molecule has 5 heteroatoms. The van der Waals surface area contributed by atoms with Crippen LogP contribution in [-0.4, -0.2) is 30.4 Å². The summed E-state index contributed by atoms with van der Waals surface area (Å²) in [6, 6.07) is 1.95. The third kappa shape index (κ3) is 2.41. The van der Waals surface area contributed by atoms with E-state index >= 15 is 0 Å². The zero-order valence-electron chi connectivity index (χ0n) is 9.20. The SMILES string of the molecule is CC1(CN)CCN(C(=O)c2csc(I)c2)C1. The number of nitrogens with zero attached hydrogens (tertiary/aromatic N) is 1. The van der Waals surface area contributed by atoms with E-state index in [9.17, 15) is 4.79 Å². The zero-order valence-corrected chi connectivity index (χ0v) is 12.2. The molecule has 1 aliphatic heterocycles. The Morgan fingerprint density at radius 1 is 1.75 bits per heavy atom. The molecule has 16 heavy (non-hydrogen) atoms. The number of halogens is 1. The lowest BCUT2D eigenvalue weighted by Gasteiger charge is -2.22. The van der Waals surface area contributed by atoms with E-state index in [0.29, 0.717) is 6.54 Å². The van der Waals surface area contributed by atoms with Crippen LogP contribution in [0.3, 0.4) is 0 Å². The Labute approximate surface area is 113 Å². The summed E-state index contributed by atoms with van der Waals surface area (Å²) in [6.45, 7) is 4.42. The Kier molecular flexibility index (Phi) is 3.56. The fourth-order valence-corrected chi connectivity index (χ4v) is 3.29. The van der Waals surface area contributed by atoms with Crippen molar-refractivity contribution in [2.75, 3.05) is 19.6 Å². The smallest absolute Gasteiger partial charge is 0.254 e. The quantitative estimate of drug-likeness (QED) is 0.831. The Morgan fingerprint density at radius 3 is 3.00 bits per heavy atom. The van der Waals surface area contributed by atoms with Crippen molar-refractivity contribution in [2.45, 2.75) is 13.3 Å². The van der Waals surface area contributed by atoms with E-state index < -0.39 is 0 Å². The van der Waals surface area contributed by atoms with Crippen LogP contribution in [0, 0.1) is 8.30 Å². The number of nitrogens with two attached hydrogens (primary N) is 1. The average Bonchev–Trinajstić information content (AvgIpc) is 2.85. The third-order valence-corrected chi connectivity index (χ3v) is 4.94. The van der Waals surface area contributed by atoms with Gasteiger partial charge in [-0.25, -0.2) is 0 Å². The Bertz CT molecular complexity index is 406. The molecule has 1 unspecified atom stereocenters. The van der Waals surface area contributed by atoms with Crippen molar-refractivity contribution in [3.63, 3.8) is 0 Å². The molecule has 1 aromatic heterocycles. The molecule has 3 nitrogen and oxygen atoms in total. The molecule has 2 N–H and O–H groups in total. The van der Waals surface area contributed by atoms with Crippen LogP contribution in [0.25, 0.3) is 0 Å². The van der Waals surface area contributed by atoms with Crippen LogP contribution in [0.2, 0.25) is 0 Å². The molecule has 0 spiro atoms. The van der Waals surface area contributed by atoms with Gasteiger partial charge >= 0.3 is 0 Å². The van der Waals surface area contributed by atoms with Crippen molar-refractivity contribution in [3.8, 4) is 0 Å². The number of likely N-dealkylation sites (tertiary alicyclic amines) is 1. The molecule has 1 aromatic rings. The minimum absolute atomic E-state index is 0.110.